The third kappa shape index (κ3) is 13.0. The first-order chi connectivity index (χ1) is 12.7. The highest BCUT2D eigenvalue weighted by Gasteiger charge is 2.37. The average Bonchev–Trinajstić information content (AvgIpc) is 2.59. The van der Waals surface area contributed by atoms with Crippen molar-refractivity contribution in [2.24, 2.45) is 5.92 Å². The lowest BCUT2D eigenvalue weighted by atomic mass is 10.2. The Labute approximate surface area is 164 Å². The second-order valence-corrected chi connectivity index (χ2v) is 12.0. The standard InChI is InChI=1S/C25H26OSi/c1-8-9-10-11-12-13-14-15-16-17-18-19-20-21-22-24(2)23-26-27(6,7)25(3,4)5/h20-22,24H,1,23H2,2-7H3/b22-21-/t24-/m1/s1. The highest BCUT2D eigenvalue weighted by Crippen LogP contribution is 2.36. The van der Waals surface area contributed by atoms with Gasteiger partial charge in [0.1, 0.15) is 0 Å². The molecule has 0 aromatic carbocycles. The predicted octanol–water partition coefficient (Wildman–Crippen LogP) is 6.25. The molecular weight excluding hydrogens is 344 g/mol. The van der Waals surface area contributed by atoms with Crippen LogP contribution in [0, 0.1) is 5.92 Å². The molecule has 0 fully saturated rings. The maximum Gasteiger partial charge on any atom is 0.192 e. The van der Waals surface area contributed by atoms with Crippen molar-refractivity contribution in [3.63, 3.8) is 0 Å². The summed E-state index contributed by atoms with van der Waals surface area (Å²) in [5, 5.41) is 0.232. The number of hydrogen-bond acceptors (Lipinski definition) is 1. The van der Waals surface area contributed by atoms with Gasteiger partial charge in [0.25, 0.3) is 0 Å². The van der Waals surface area contributed by atoms with Gasteiger partial charge < -0.3 is 4.43 Å². The summed E-state index contributed by atoms with van der Waals surface area (Å²) in [6.07, 6.45) is 5.79. The molecule has 1 atom stereocenters. The Bertz CT molecular complexity index is 986. The molecule has 1 nitrogen and oxygen atoms in total. The molecule has 0 heterocycles. The largest absolute Gasteiger partial charge is 0.416 e. The van der Waals surface area contributed by atoms with Crippen LogP contribution in [0.3, 0.4) is 0 Å². The van der Waals surface area contributed by atoms with Crippen molar-refractivity contribution in [2.45, 2.75) is 45.8 Å². The van der Waals surface area contributed by atoms with Gasteiger partial charge in [-0.3, -0.25) is 0 Å². The van der Waals surface area contributed by atoms with Crippen molar-refractivity contribution in [1.82, 2.24) is 0 Å². The maximum absolute atomic E-state index is 6.20. The zero-order valence-electron chi connectivity index (χ0n) is 17.1. The van der Waals surface area contributed by atoms with Gasteiger partial charge in [-0.05, 0) is 94.0 Å². The topological polar surface area (TPSA) is 9.23 Å². The minimum atomic E-state index is -1.68. The lowest BCUT2D eigenvalue weighted by Crippen LogP contribution is -2.41. The van der Waals surface area contributed by atoms with E-state index in [1.165, 1.54) is 0 Å². The first-order valence-electron chi connectivity index (χ1n) is 8.62. The summed E-state index contributed by atoms with van der Waals surface area (Å²) in [6, 6.07) is 0. The van der Waals surface area contributed by atoms with Crippen molar-refractivity contribution in [3.05, 3.63) is 93.6 Å². The van der Waals surface area contributed by atoms with Crippen molar-refractivity contribution in [1.29, 1.82) is 0 Å². The maximum atomic E-state index is 6.20. The quantitative estimate of drug-likeness (QED) is 0.316. The average molecular weight is 371 g/mol. The molecule has 0 amide bonds. The van der Waals surface area contributed by atoms with Gasteiger partial charge in [-0.15, -0.1) is 0 Å². The fourth-order valence-corrected chi connectivity index (χ4v) is 2.39. The van der Waals surface area contributed by atoms with Crippen LogP contribution in [0.1, 0.15) is 27.7 Å². The van der Waals surface area contributed by atoms with E-state index >= 15 is 0 Å². The van der Waals surface area contributed by atoms with Gasteiger partial charge in [-0.2, -0.15) is 0 Å². The van der Waals surface area contributed by atoms with Crippen LogP contribution in [-0.4, -0.2) is 14.9 Å². The second-order valence-electron chi connectivity index (χ2n) is 7.17. The first kappa shape index (κ1) is 24.0. The molecule has 0 rings (SSSR count). The molecule has 0 N–H and O–H groups in total. The van der Waals surface area contributed by atoms with Gasteiger partial charge >= 0.3 is 0 Å². The summed E-state index contributed by atoms with van der Waals surface area (Å²) >= 11 is 0. The van der Waals surface area contributed by atoms with Crippen molar-refractivity contribution in [3.8, 4) is 0 Å². The minimum absolute atomic E-state index is 0.232. The number of hydrogen-bond donors (Lipinski definition) is 0. The van der Waals surface area contributed by atoms with Gasteiger partial charge in [0.05, 0.1) is 0 Å². The van der Waals surface area contributed by atoms with Gasteiger partial charge in [0, 0.05) is 6.61 Å². The van der Waals surface area contributed by atoms with E-state index in [1.54, 1.807) is 6.08 Å². The number of allylic oxidation sites excluding steroid dienone is 2. The molecular formula is C25H26OSi. The summed E-state index contributed by atoms with van der Waals surface area (Å²) in [4.78, 5) is 0. The van der Waals surface area contributed by atoms with Crippen LogP contribution in [0.15, 0.2) is 93.6 Å². The van der Waals surface area contributed by atoms with Gasteiger partial charge in [0.2, 0.25) is 0 Å². The molecule has 0 unspecified atom stereocenters. The molecule has 0 saturated carbocycles. The van der Waals surface area contributed by atoms with Crippen molar-refractivity contribution >= 4 is 8.32 Å². The van der Waals surface area contributed by atoms with E-state index in [4.69, 9.17) is 4.43 Å². The van der Waals surface area contributed by atoms with Crippen LogP contribution in [0.2, 0.25) is 18.1 Å². The molecule has 0 bridgehead atoms. The van der Waals surface area contributed by atoms with Gasteiger partial charge in [0.15, 0.2) is 8.32 Å². The Hall–Kier alpha value is -2.98. The van der Waals surface area contributed by atoms with E-state index in [9.17, 15) is 0 Å². The molecule has 0 saturated heterocycles. The molecule has 0 aliphatic rings. The zero-order chi connectivity index (χ0) is 20.6. The Morgan fingerprint density at radius 2 is 1.37 bits per heavy atom. The molecule has 0 spiro atoms. The second kappa shape index (κ2) is 13.3. The highest BCUT2D eigenvalue weighted by atomic mass is 28.4. The molecule has 0 aromatic heterocycles. The van der Waals surface area contributed by atoms with Gasteiger partial charge in [-0.25, -0.2) is 0 Å². The van der Waals surface area contributed by atoms with Crippen LogP contribution in [0.25, 0.3) is 0 Å². The summed E-state index contributed by atoms with van der Waals surface area (Å²) in [5.41, 5.74) is 30.9. The Kier molecular flexibility index (Phi) is 11.8. The fraction of sp³-hybridized carbons (Fsp3) is 0.360. The molecule has 27 heavy (non-hydrogen) atoms. The normalized spacial score (nSPS) is 10.4. The van der Waals surface area contributed by atoms with Crippen LogP contribution >= 0.6 is 0 Å². The third-order valence-electron chi connectivity index (χ3n) is 3.86. The Balaban J connectivity index is 4.94. The van der Waals surface area contributed by atoms with E-state index in [1.807, 2.05) is 6.08 Å². The molecule has 0 aliphatic carbocycles. The first-order valence-corrected chi connectivity index (χ1v) is 11.5. The van der Waals surface area contributed by atoms with Crippen molar-refractivity contribution in [2.75, 3.05) is 6.61 Å². The molecule has 0 radical (unpaired) electrons. The summed E-state index contributed by atoms with van der Waals surface area (Å²) < 4.78 is 6.20. The summed E-state index contributed by atoms with van der Waals surface area (Å²) in [7, 11) is -1.68. The summed E-state index contributed by atoms with van der Waals surface area (Å²) in [5.74, 6) is 0.343. The van der Waals surface area contributed by atoms with E-state index in [2.05, 4.69) is 122 Å². The fourth-order valence-electron chi connectivity index (χ4n) is 1.28. The van der Waals surface area contributed by atoms with Crippen molar-refractivity contribution < 1.29 is 4.43 Å². The number of rotatable bonds is 5. The Morgan fingerprint density at radius 1 is 0.889 bits per heavy atom. The van der Waals surface area contributed by atoms with Crippen LogP contribution in [0.5, 0.6) is 0 Å². The highest BCUT2D eigenvalue weighted by molar-refractivity contribution is 6.74. The molecule has 0 aliphatic heterocycles. The van der Waals surface area contributed by atoms with Crippen LogP contribution in [-0.2, 0) is 4.43 Å². The smallest absolute Gasteiger partial charge is 0.192 e. The molecule has 136 valence electrons. The summed E-state index contributed by atoms with van der Waals surface area (Å²) in [6.45, 7) is 17.5. The molecule has 0 aromatic rings. The van der Waals surface area contributed by atoms with Gasteiger partial charge in [-0.1, -0.05) is 51.3 Å². The van der Waals surface area contributed by atoms with Crippen LogP contribution < -0.4 is 0 Å². The monoisotopic (exact) mass is 370 g/mol. The van der Waals surface area contributed by atoms with E-state index in [-0.39, 0.29) is 5.04 Å². The minimum Gasteiger partial charge on any atom is -0.416 e. The predicted molar refractivity (Wildman–Crippen MR) is 114 cm³/mol. The van der Waals surface area contributed by atoms with E-state index in [0.717, 1.165) is 6.61 Å². The lowest BCUT2D eigenvalue weighted by Gasteiger charge is -2.36. The Morgan fingerprint density at radius 3 is 1.85 bits per heavy atom. The van der Waals surface area contributed by atoms with Crippen LogP contribution in [0.4, 0.5) is 0 Å². The zero-order valence-corrected chi connectivity index (χ0v) is 18.1. The molecule has 2 heteroatoms. The SMILES string of the molecule is C=C=C=C=C=C=C=C=C=C=C=C=C=C/C=C\[C@@H](C)CO[Si](C)(C)C(C)(C)C. The van der Waals surface area contributed by atoms with E-state index in [0.29, 0.717) is 5.92 Å². The van der Waals surface area contributed by atoms with E-state index < -0.39 is 8.32 Å². The third-order valence-corrected chi connectivity index (χ3v) is 8.36. The lowest BCUT2D eigenvalue weighted by molar-refractivity contribution is 0.259.